The largest absolute Gasteiger partial charge is 0.393 e. The predicted octanol–water partition coefficient (Wildman–Crippen LogP) is 0.477. The molecule has 0 saturated heterocycles. The van der Waals surface area contributed by atoms with Crippen LogP contribution in [0.4, 0.5) is 11.5 Å². The highest BCUT2D eigenvalue weighted by Gasteiger charge is 2.08. The summed E-state index contributed by atoms with van der Waals surface area (Å²) in [5.74, 6) is 0.842. The first kappa shape index (κ1) is 13.0. The minimum atomic E-state index is -3.01. The molecule has 0 atom stereocenters. The van der Waals surface area contributed by atoms with Crippen molar-refractivity contribution in [3.8, 4) is 0 Å². The van der Waals surface area contributed by atoms with Crippen LogP contribution in [0.5, 0.6) is 0 Å². The van der Waals surface area contributed by atoms with Crippen LogP contribution in [0.15, 0.2) is 0 Å². The van der Waals surface area contributed by atoms with Crippen LogP contribution in [0.1, 0.15) is 5.82 Å². The molecule has 0 aliphatic rings. The quantitative estimate of drug-likeness (QED) is 0.768. The third-order valence-corrected chi connectivity index (χ3v) is 3.01. The molecule has 0 aromatic carbocycles. The molecule has 0 aliphatic heterocycles. The SMILES string of the molecule is Cc1nc(Cl)c(N)c(NCCS(C)(=O)=O)n1. The number of hydrogen-bond donors (Lipinski definition) is 2. The van der Waals surface area contributed by atoms with Gasteiger partial charge in [-0.2, -0.15) is 0 Å². The minimum Gasteiger partial charge on any atom is -0.393 e. The Labute approximate surface area is 99.1 Å². The van der Waals surface area contributed by atoms with E-state index in [1.807, 2.05) is 0 Å². The number of hydrogen-bond acceptors (Lipinski definition) is 6. The topological polar surface area (TPSA) is 98.0 Å². The summed E-state index contributed by atoms with van der Waals surface area (Å²) in [5.41, 5.74) is 5.86. The van der Waals surface area contributed by atoms with Crippen molar-refractivity contribution >= 4 is 32.9 Å². The van der Waals surface area contributed by atoms with Gasteiger partial charge in [0.25, 0.3) is 0 Å². The summed E-state index contributed by atoms with van der Waals surface area (Å²) in [5, 5.41) is 2.97. The lowest BCUT2D eigenvalue weighted by molar-refractivity contribution is 0.602. The van der Waals surface area contributed by atoms with E-state index in [1.165, 1.54) is 0 Å². The molecule has 8 heteroatoms. The van der Waals surface area contributed by atoms with Gasteiger partial charge in [0.15, 0.2) is 11.0 Å². The summed E-state index contributed by atoms with van der Waals surface area (Å²) in [7, 11) is -3.01. The van der Waals surface area contributed by atoms with E-state index in [1.54, 1.807) is 6.92 Å². The molecule has 0 spiro atoms. The fourth-order valence-electron chi connectivity index (χ4n) is 1.04. The summed E-state index contributed by atoms with van der Waals surface area (Å²) in [4.78, 5) is 7.89. The summed E-state index contributed by atoms with van der Waals surface area (Å²) >= 11 is 5.75. The predicted molar refractivity (Wildman–Crippen MR) is 64.4 cm³/mol. The first-order valence-corrected chi connectivity index (χ1v) is 6.94. The molecule has 0 fully saturated rings. The van der Waals surface area contributed by atoms with Crippen LogP contribution in [0, 0.1) is 6.92 Å². The standard InChI is InChI=1S/C8H13ClN4O2S/c1-5-12-7(9)6(10)8(13-5)11-3-4-16(2,14)15/h3-4,10H2,1-2H3,(H,11,12,13). The van der Waals surface area contributed by atoms with Crippen LogP contribution in [-0.2, 0) is 9.84 Å². The molecule has 1 heterocycles. The Balaban J connectivity index is 2.75. The number of rotatable bonds is 4. The number of nitrogens with one attached hydrogen (secondary N) is 1. The highest BCUT2D eigenvalue weighted by molar-refractivity contribution is 7.90. The van der Waals surface area contributed by atoms with Crippen molar-refractivity contribution in [1.29, 1.82) is 0 Å². The van der Waals surface area contributed by atoms with Gasteiger partial charge in [0.05, 0.1) is 5.75 Å². The zero-order chi connectivity index (χ0) is 12.3. The third kappa shape index (κ3) is 3.82. The molecule has 6 nitrogen and oxygen atoms in total. The van der Waals surface area contributed by atoms with E-state index >= 15 is 0 Å². The van der Waals surface area contributed by atoms with Gasteiger partial charge < -0.3 is 11.1 Å². The van der Waals surface area contributed by atoms with E-state index in [0.29, 0.717) is 11.6 Å². The molecular weight excluding hydrogens is 252 g/mol. The summed E-state index contributed by atoms with van der Waals surface area (Å²) in [6.45, 7) is 1.91. The maximum absolute atomic E-state index is 10.9. The molecular formula is C8H13ClN4O2S. The molecule has 0 saturated carbocycles. The van der Waals surface area contributed by atoms with Crippen molar-refractivity contribution in [3.63, 3.8) is 0 Å². The van der Waals surface area contributed by atoms with Crippen LogP contribution in [0.3, 0.4) is 0 Å². The second-order valence-corrected chi connectivity index (χ2v) is 6.00. The van der Waals surface area contributed by atoms with Gasteiger partial charge in [-0.15, -0.1) is 0 Å². The monoisotopic (exact) mass is 264 g/mol. The first-order valence-electron chi connectivity index (χ1n) is 4.51. The van der Waals surface area contributed by atoms with Crippen LogP contribution in [0.2, 0.25) is 5.15 Å². The molecule has 1 aromatic heterocycles. The molecule has 0 aliphatic carbocycles. The van der Waals surface area contributed by atoms with Crippen molar-refractivity contribution < 1.29 is 8.42 Å². The zero-order valence-corrected chi connectivity index (χ0v) is 10.6. The second kappa shape index (κ2) is 4.84. The van der Waals surface area contributed by atoms with Crippen LogP contribution in [0.25, 0.3) is 0 Å². The highest BCUT2D eigenvalue weighted by atomic mass is 35.5. The molecule has 90 valence electrons. The van der Waals surface area contributed by atoms with Gasteiger partial charge in [0, 0.05) is 12.8 Å². The van der Waals surface area contributed by atoms with E-state index in [4.69, 9.17) is 17.3 Å². The lowest BCUT2D eigenvalue weighted by atomic mass is 10.4. The molecule has 0 unspecified atom stereocenters. The van der Waals surface area contributed by atoms with Crippen molar-refractivity contribution in [2.75, 3.05) is 29.6 Å². The van der Waals surface area contributed by atoms with E-state index in [2.05, 4.69) is 15.3 Å². The average Bonchev–Trinajstić information content (AvgIpc) is 2.11. The molecule has 16 heavy (non-hydrogen) atoms. The Kier molecular flexibility index (Phi) is 3.93. The number of halogens is 1. The van der Waals surface area contributed by atoms with E-state index in [-0.39, 0.29) is 23.1 Å². The Bertz CT molecular complexity index is 489. The van der Waals surface area contributed by atoms with Gasteiger partial charge in [-0.3, -0.25) is 0 Å². The smallest absolute Gasteiger partial charge is 0.157 e. The van der Waals surface area contributed by atoms with E-state index in [0.717, 1.165) is 6.26 Å². The number of sulfone groups is 1. The Morgan fingerprint density at radius 2 is 2.06 bits per heavy atom. The van der Waals surface area contributed by atoms with Crippen LogP contribution < -0.4 is 11.1 Å². The van der Waals surface area contributed by atoms with E-state index < -0.39 is 9.84 Å². The van der Waals surface area contributed by atoms with Crippen molar-refractivity contribution in [1.82, 2.24) is 9.97 Å². The maximum atomic E-state index is 10.9. The van der Waals surface area contributed by atoms with E-state index in [9.17, 15) is 8.42 Å². The number of aryl methyl sites for hydroxylation is 1. The summed E-state index contributed by atoms with van der Waals surface area (Å²) in [6, 6.07) is 0. The molecule has 1 rings (SSSR count). The van der Waals surface area contributed by atoms with Crippen molar-refractivity contribution in [2.45, 2.75) is 6.92 Å². The average molecular weight is 265 g/mol. The van der Waals surface area contributed by atoms with Gasteiger partial charge in [0.1, 0.15) is 21.3 Å². The number of aromatic nitrogens is 2. The summed E-state index contributed by atoms with van der Waals surface area (Å²) < 4.78 is 21.8. The van der Waals surface area contributed by atoms with Crippen molar-refractivity contribution in [3.05, 3.63) is 11.0 Å². The number of nitrogens with zero attached hydrogens (tertiary/aromatic N) is 2. The lowest BCUT2D eigenvalue weighted by Crippen LogP contribution is -2.16. The van der Waals surface area contributed by atoms with Crippen LogP contribution in [-0.4, -0.2) is 36.9 Å². The fraction of sp³-hybridized carbons (Fsp3) is 0.500. The Morgan fingerprint density at radius 3 is 2.62 bits per heavy atom. The molecule has 0 radical (unpaired) electrons. The Hall–Kier alpha value is -1.08. The fourth-order valence-corrected chi connectivity index (χ4v) is 1.72. The van der Waals surface area contributed by atoms with Gasteiger partial charge >= 0.3 is 0 Å². The summed E-state index contributed by atoms with van der Waals surface area (Å²) in [6.07, 6.45) is 1.16. The van der Waals surface area contributed by atoms with Crippen molar-refractivity contribution in [2.24, 2.45) is 0 Å². The molecule has 1 aromatic rings. The van der Waals surface area contributed by atoms with Gasteiger partial charge in [-0.05, 0) is 6.92 Å². The third-order valence-electron chi connectivity index (χ3n) is 1.78. The number of nitrogens with two attached hydrogens (primary N) is 1. The maximum Gasteiger partial charge on any atom is 0.157 e. The van der Waals surface area contributed by atoms with Gasteiger partial charge in [-0.25, -0.2) is 18.4 Å². The minimum absolute atomic E-state index is 0.00705. The normalized spacial score (nSPS) is 11.4. The molecule has 3 N–H and O–H groups in total. The molecule has 0 amide bonds. The van der Waals surface area contributed by atoms with Gasteiger partial charge in [0.2, 0.25) is 0 Å². The molecule has 0 bridgehead atoms. The zero-order valence-electron chi connectivity index (χ0n) is 8.99. The second-order valence-electron chi connectivity index (χ2n) is 3.38. The Morgan fingerprint density at radius 1 is 1.44 bits per heavy atom. The first-order chi connectivity index (χ1) is 7.29. The number of anilines is 2. The highest BCUT2D eigenvalue weighted by Crippen LogP contribution is 2.22. The van der Waals surface area contributed by atoms with Gasteiger partial charge in [-0.1, -0.05) is 11.6 Å². The van der Waals surface area contributed by atoms with Crippen LogP contribution >= 0.6 is 11.6 Å². The lowest BCUT2D eigenvalue weighted by Gasteiger charge is -2.09. The number of nitrogen functional groups attached to an aromatic ring is 1.